The Hall–Kier alpha value is -1.10. The Morgan fingerprint density at radius 2 is 1.96 bits per heavy atom. The number of benzene rings is 2. The van der Waals surface area contributed by atoms with Gasteiger partial charge >= 0.3 is 0 Å². The number of carbonyl (C=O) groups is 1. The number of carbonyl (C=O) groups excluding carboxylic acids is 1. The SMILES string of the molecule is Cc1cccc(CSCCNC(=O)C(C)Sc2ccc(Cl)cc2)c1. The average Bonchev–Trinajstić information content (AvgIpc) is 2.56. The van der Waals surface area contributed by atoms with Gasteiger partial charge in [0.05, 0.1) is 5.25 Å². The van der Waals surface area contributed by atoms with E-state index >= 15 is 0 Å². The van der Waals surface area contributed by atoms with Gasteiger partial charge in [0.25, 0.3) is 0 Å². The highest BCUT2D eigenvalue weighted by atomic mass is 35.5. The van der Waals surface area contributed by atoms with Gasteiger partial charge in [0.1, 0.15) is 0 Å². The molecule has 1 unspecified atom stereocenters. The summed E-state index contributed by atoms with van der Waals surface area (Å²) in [6.45, 7) is 4.73. The molecule has 0 saturated carbocycles. The van der Waals surface area contributed by atoms with Gasteiger partial charge in [-0.05, 0) is 43.7 Å². The molecule has 0 aromatic heterocycles. The van der Waals surface area contributed by atoms with Crippen molar-refractivity contribution in [1.29, 1.82) is 0 Å². The fourth-order valence-corrected chi connectivity index (χ4v) is 3.98. The summed E-state index contributed by atoms with van der Waals surface area (Å²) in [5.74, 6) is 1.97. The van der Waals surface area contributed by atoms with Gasteiger partial charge in [0.2, 0.25) is 5.91 Å². The zero-order valence-corrected chi connectivity index (χ0v) is 16.3. The Balaban J connectivity index is 1.64. The molecule has 0 radical (unpaired) electrons. The van der Waals surface area contributed by atoms with Crippen molar-refractivity contribution in [3.8, 4) is 0 Å². The van der Waals surface area contributed by atoms with Crippen LogP contribution >= 0.6 is 35.1 Å². The quantitative estimate of drug-likeness (QED) is 0.506. The number of thioether (sulfide) groups is 2. The van der Waals surface area contributed by atoms with Crippen LogP contribution < -0.4 is 5.32 Å². The molecule has 1 N–H and O–H groups in total. The van der Waals surface area contributed by atoms with Crippen LogP contribution in [0.2, 0.25) is 5.02 Å². The van der Waals surface area contributed by atoms with Crippen molar-refractivity contribution in [2.75, 3.05) is 12.3 Å². The average molecular weight is 380 g/mol. The number of halogens is 1. The first-order chi connectivity index (χ1) is 11.5. The van der Waals surface area contributed by atoms with Crippen molar-refractivity contribution in [1.82, 2.24) is 5.32 Å². The minimum atomic E-state index is -0.118. The molecule has 0 spiro atoms. The van der Waals surface area contributed by atoms with Crippen molar-refractivity contribution >= 4 is 41.0 Å². The Bertz CT molecular complexity index is 661. The fraction of sp³-hybridized carbons (Fsp3) is 0.316. The van der Waals surface area contributed by atoms with Gasteiger partial charge in [-0.25, -0.2) is 0 Å². The minimum Gasteiger partial charge on any atom is -0.354 e. The monoisotopic (exact) mass is 379 g/mol. The first kappa shape index (κ1) is 19.2. The molecule has 2 aromatic rings. The second-order valence-electron chi connectivity index (χ2n) is 5.55. The molecule has 128 valence electrons. The van der Waals surface area contributed by atoms with Crippen molar-refractivity contribution < 1.29 is 4.79 Å². The number of nitrogens with one attached hydrogen (secondary N) is 1. The van der Waals surface area contributed by atoms with E-state index in [0.29, 0.717) is 11.6 Å². The summed E-state index contributed by atoms with van der Waals surface area (Å²) in [5.41, 5.74) is 2.62. The van der Waals surface area contributed by atoms with E-state index in [1.165, 1.54) is 11.1 Å². The highest BCUT2D eigenvalue weighted by molar-refractivity contribution is 8.00. The zero-order chi connectivity index (χ0) is 17.4. The number of hydrogen-bond donors (Lipinski definition) is 1. The van der Waals surface area contributed by atoms with Gasteiger partial charge < -0.3 is 5.32 Å². The lowest BCUT2D eigenvalue weighted by Crippen LogP contribution is -2.32. The van der Waals surface area contributed by atoms with E-state index in [0.717, 1.165) is 16.4 Å². The summed E-state index contributed by atoms with van der Waals surface area (Å²) < 4.78 is 0. The normalized spacial score (nSPS) is 12.0. The summed E-state index contributed by atoms with van der Waals surface area (Å²) in [5, 5.41) is 3.60. The molecule has 2 aromatic carbocycles. The van der Waals surface area contributed by atoms with Crippen LogP contribution in [0, 0.1) is 6.92 Å². The summed E-state index contributed by atoms with van der Waals surface area (Å²) in [6, 6.07) is 16.1. The molecular weight excluding hydrogens is 358 g/mol. The predicted molar refractivity (Wildman–Crippen MR) is 107 cm³/mol. The number of aryl methyl sites for hydroxylation is 1. The Labute approximate surface area is 157 Å². The van der Waals surface area contributed by atoms with E-state index in [4.69, 9.17) is 11.6 Å². The van der Waals surface area contributed by atoms with Crippen LogP contribution in [0.15, 0.2) is 53.4 Å². The minimum absolute atomic E-state index is 0.0751. The fourth-order valence-electron chi connectivity index (χ4n) is 2.15. The van der Waals surface area contributed by atoms with E-state index in [1.54, 1.807) is 11.8 Å². The van der Waals surface area contributed by atoms with Crippen LogP contribution in [0.1, 0.15) is 18.1 Å². The van der Waals surface area contributed by atoms with Crippen LogP contribution in [-0.2, 0) is 10.5 Å². The lowest BCUT2D eigenvalue weighted by Gasteiger charge is -2.12. The Kier molecular flexibility index (Phi) is 8.03. The maximum absolute atomic E-state index is 12.1. The molecule has 0 aliphatic carbocycles. The predicted octanol–water partition coefficient (Wildman–Crippen LogP) is 5.18. The molecule has 0 saturated heterocycles. The molecule has 0 aliphatic rings. The highest BCUT2D eigenvalue weighted by Gasteiger charge is 2.13. The van der Waals surface area contributed by atoms with Gasteiger partial charge in [-0.3, -0.25) is 4.79 Å². The molecule has 1 atom stereocenters. The number of hydrogen-bond acceptors (Lipinski definition) is 3. The molecule has 5 heteroatoms. The first-order valence-electron chi connectivity index (χ1n) is 7.88. The van der Waals surface area contributed by atoms with E-state index < -0.39 is 0 Å². The molecule has 0 fully saturated rings. The maximum Gasteiger partial charge on any atom is 0.233 e. The van der Waals surface area contributed by atoms with Crippen LogP contribution in [0.5, 0.6) is 0 Å². The Morgan fingerprint density at radius 1 is 1.21 bits per heavy atom. The second-order valence-corrected chi connectivity index (χ2v) is 8.50. The van der Waals surface area contributed by atoms with Crippen LogP contribution in [0.4, 0.5) is 0 Å². The van der Waals surface area contributed by atoms with E-state index in [1.807, 2.05) is 43.0 Å². The van der Waals surface area contributed by atoms with E-state index in [-0.39, 0.29) is 11.2 Å². The molecular formula is C19H22ClNOS2. The topological polar surface area (TPSA) is 29.1 Å². The molecule has 0 heterocycles. The molecule has 1 amide bonds. The molecule has 2 nitrogen and oxygen atoms in total. The van der Waals surface area contributed by atoms with Gasteiger partial charge in [-0.1, -0.05) is 41.4 Å². The van der Waals surface area contributed by atoms with Crippen molar-refractivity contribution in [3.63, 3.8) is 0 Å². The van der Waals surface area contributed by atoms with Crippen LogP contribution in [-0.4, -0.2) is 23.5 Å². The van der Waals surface area contributed by atoms with Crippen molar-refractivity contribution in [3.05, 3.63) is 64.7 Å². The van der Waals surface area contributed by atoms with E-state index in [2.05, 4.69) is 36.5 Å². The number of rotatable bonds is 8. The third kappa shape index (κ3) is 6.80. The van der Waals surface area contributed by atoms with Crippen LogP contribution in [0.3, 0.4) is 0 Å². The second kappa shape index (κ2) is 10.0. The zero-order valence-electron chi connectivity index (χ0n) is 13.9. The lowest BCUT2D eigenvalue weighted by atomic mass is 10.2. The van der Waals surface area contributed by atoms with Crippen LogP contribution in [0.25, 0.3) is 0 Å². The van der Waals surface area contributed by atoms with E-state index in [9.17, 15) is 4.79 Å². The third-order valence-corrected chi connectivity index (χ3v) is 5.79. The van der Waals surface area contributed by atoms with Gasteiger partial charge in [-0.15, -0.1) is 11.8 Å². The molecule has 0 bridgehead atoms. The highest BCUT2D eigenvalue weighted by Crippen LogP contribution is 2.24. The van der Waals surface area contributed by atoms with Gasteiger partial charge in [0.15, 0.2) is 0 Å². The summed E-state index contributed by atoms with van der Waals surface area (Å²) in [7, 11) is 0. The molecule has 0 aliphatic heterocycles. The largest absolute Gasteiger partial charge is 0.354 e. The first-order valence-corrected chi connectivity index (χ1v) is 10.3. The summed E-state index contributed by atoms with van der Waals surface area (Å²) in [6.07, 6.45) is 0. The lowest BCUT2D eigenvalue weighted by molar-refractivity contribution is -0.120. The van der Waals surface area contributed by atoms with Crippen molar-refractivity contribution in [2.45, 2.75) is 29.7 Å². The Morgan fingerprint density at radius 3 is 2.67 bits per heavy atom. The maximum atomic E-state index is 12.1. The third-order valence-electron chi connectivity index (χ3n) is 3.39. The smallest absolute Gasteiger partial charge is 0.233 e. The number of amides is 1. The summed E-state index contributed by atoms with van der Waals surface area (Å²) in [4.78, 5) is 13.2. The molecule has 24 heavy (non-hydrogen) atoms. The molecule has 2 rings (SSSR count). The standard InChI is InChI=1S/C19H22ClNOS2/c1-14-4-3-5-16(12-14)13-23-11-10-21-19(22)15(2)24-18-8-6-17(20)7-9-18/h3-9,12,15H,10-11,13H2,1-2H3,(H,21,22). The van der Waals surface area contributed by atoms with Crippen molar-refractivity contribution in [2.24, 2.45) is 0 Å². The van der Waals surface area contributed by atoms with Gasteiger partial charge in [-0.2, -0.15) is 11.8 Å². The van der Waals surface area contributed by atoms with Gasteiger partial charge in [0, 0.05) is 28.0 Å². The summed E-state index contributed by atoms with van der Waals surface area (Å²) >= 11 is 9.25.